The van der Waals surface area contributed by atoms with Gasteiger partial charge in [0.2, 0.25) is 0 Å². The van der Waals surface area contributed by atoms with E-state index in [9.17, 15) is 9.59 Å². The van der Waals surface area contributed by atoms with Gasteiger partial charge in [-0.15, -0.1) is 11.3 Å². The molecule has 0 bridgehead atoms. The summed E-state index contributed by atoms with van der Waals surface area (Å²) < 4.78 is 4.63. The summed E-state index contributed by atoms with van der Waals surface area (Å²) in [5.41, 5.74) is 1.52. The first-order valence-corrected chi connectivity index (χ1v) is 8.91. The predicted molar refractivity (Wildman–Crippen MR) is 101 cm³/mol. The number of esters is 1. The molecule has 0 unspecified atom stereocenters. The lowest BCUT2D eigenvalue weighted by Gasteiger charge is -2.30. The van der Waals surface area contributed by atoms with Crippen molar-refractivity contribution < 1.29 is 14.3 Å². The fourth-order valence-electron chi connectivity index (χ4n) is 2.53. The van der Waals surface area contributed by atoms with Crippen molar-refractivity contribution in [3.05, 3.63) is 62.8 Å². The number of halogens is 1. The molecular weight excluding hydrogens is 380 g/mol. The lowest BCUT2D eigenvalue weighted by Crippen LogP contribution is -2.45. The van der Waals surface area contributed by atoms with Gasteiger partial charge in [0.25, 0.3) is 5.78 Å². The molecule has 1 aliphatic heterocycles. The molecule has 0 saturated carbocycles. The summed E-state index contributed by atoms with van der Waals surface area (Å²) in [5.74, 6) is -1.66. The van der Waals surface area contributed by atoms with Gasteiger partial charge in [-0.1, -0.05) is 29.8 Å². The van der Waals surface area contributed by atoms with Crippen molar-refractivity contribution in [2.45, 2.75) is 6.04 Å². The Morgan fingerprint density at radius 3 is 2.56 bits per heavy atom. The Morgan fingerprint density at radius 1 is 1.24 bits per heavy atom. The van der Waals surface area contributed by atoms with Crippen molar-refractivity contribution in [2.75, 3.05) is 7.11 Å². The van der Waals surface area contributed by atoms with Crippen LogP contribution < -0.4 is 10.6 Å². The van der Waals surface area contributed by atoms with Crippen molar-refractivity contribution in [1.29, 1.82) is 0 Å². The van der Waals surface area contributed by atoms with Gasteiger partial charge in [-0.05, 0) is 41.4 Å². The highest BCUT2D eigenvalue weighted by Gasteiger charge is 2.35. The second-order valence-electron chi connectivity index (χ2n) is 5.17. The molecule has 2 aromatic rings. The van der Waals surface area contributed by atoms with Crippen molar-refractivity contribution in [1.82, 2.24) is 10.6 Å². The number of hydrogen-bond acceptors (Lipinski definition) is 5. The minimum atomic E-state index is -0.931. The topological polar surface area (TPSA) is 67.4 Å². The normalized spacial score (nSPS) is 16.9. The van der Waals surface area contributed by atoms with Crippen LogP contribution in [0, 0.1) is 0 Å². The molecule has 2 heterocycles. The first-order chi connectivity index (χ1) is 12.0. The van der Waals surface area contributed by atoms with E-state index in [1.54, 1.807) is 24.3 Å². The molecule has 3 rings (SSSR count). The summed E-state index contributed by atoms with van der Waals surface area (Å²) in [7, 11) is 1.18. The SMILES string of the molecule is COC(=O)C(=O)C1=C(c2cccs2)NC(=S)N[C@H]1c1ccc(Cl)cc1. The molecule has 0 aliphatic carbocycles. The number of thiophene rings is 1. The molecule has 128 valence electrons. The zero-order chi connectivity index (χ0) is 18.0. The highest BCUT2D eigenvalue weighted by Crippen LogP contribution is 2.33. The van der Waals surface area contributed by atoms with E-state index in [-0.39, 0.29) is 5.57 Å². The number of carbonyl (C=O) groups excluding carboxylic acids is 2. The van der Waals surface area contributed by atoms with Crippen LogP contribution in [0.25, 0.3) is 5.70 Å². The van der Waals surface area contributed by atoms with E-state index in [1.807, 2.05) is 17.5 Å². The minimum Gasteiger partial charge on any atom is -0.463 e. The summed E-state index contributed by atoms with van der Waals surface area (Å²) in [6.07, 6.45) is 0. The zero-order valence-corrected chi connectivity index (χ0v) is 15.4. The van der Waals surface area contributed by atoms with E-state index in [4.69, 9.17) is 23.8 Å². The molecule has 5 nitrogen and oxygen atoms in total. The first-order valence-electron chi connectivity index (χ1n) is 7.25. The van der Waals surface area contributed by atoms with Crippen molar-refractivity contribution in [3.8, 4) is 0 Å². The smallest absolute Gasteiger partial charge is 0.379 e. The standard InChI is InChI=1S/C17H13ClN2O3S2/c1-23-16(22)15(21)12-13(9-4-6-10(18)7-5-9)19-17(24)20-14(12)11-3-2-8-25-11/h2-8,13H,1H3,(H2,19,20,24)/t13-/m0/s1. The van der Waals surface area contributed by atoms with Gasteiger partial charge in [-0.3, -0.25) is 4.79 Å². The zero-order valence-electron chi connectivity index (χ0n) is 13.0. The number of thiocarbonyl (C=S) groups is 1. The van der Waals surface area contributed by atoms with Gasteiger partial charge < -0.3 is 15.4 Å². The van der Waals surface area contributed by atoms with Crippen LogP contribution in [-0.2, 0) is 14.3 Å². The summed E-state index contributed by atoms with van der Waals surface area (Å²) in [6, 6.07) is 10.1. The molecule has 0 saturated heterocycles. The number of nitrogens with one attached hydrogen (secondary N) is 2. The fraction of sp³-hybridized carbons (Fsp3) is 0.118. The van der Waals surface area contributed by atoms with Gasteiger partial charge in [0.1, 0.15) is 0 Å². The number of ketones is 1. The molecule has 1 aromatic heterocycles. The van der Waals surface area contributed by atoms with Crippen LogP contribution in [0.5, 0.6) is 0 Å². The molecule has 8 heteroatoms. The molecule has 1 aromatic carbocycles. The van der Waals surface area contributed by atoms with Gasteiger partial charge in [0.05, 0.1) is 29.3 Å². The molecule has 1 aliphatic rings. The average Bonchev–Trinajstić information content (AvgIpc) is 3.15. The maximum Gasteiger partial charge on any atom is 0.379 e. The number of Topliss-reactive ketones (excluding diaryl/α,β-unsaturated/α-hetero) is 1. The third kappa shape index (κ3) is 3.58. The Bertz CT molecular complexity index is 861. The van der Waals surface area contributed by atoms with Crippen LogP contribution >= 0.6 is 35.2 Å². The van der Waals surface area contributed by atoms with Gasteiger partial charge in [0, 0.05) is 5.02 Å². The maximum absolute atomic E-state index is 12.7. The second kappa shape index (κ2) is 7.35. The first kappa shape index (κ1) is 17.6. The Balaban J connectivity index is 2.18. The second-order valence-corrected chi connectivity index (χ2v) is 6.96. The summed E-state index contributed by atoms with van der Waals surface area (Å²) in [4.78, 5) is 25.4. The fourth-order valence-corrected chi connectivity index (χ4v) is 3.62. The largest absolute Gasteiger partial charge is 0.463 e. The van der Waals surface area contributed by atoms with E-state index in [0.29, 0.717) is 15.8 Å². The van der Waals surface area contributed by atoms with Crippen LogP contribution in [0.2, 0.25) is 5.02 Å². The Labute approximate surface area is 158 Å². The molecular formula is C17H13ClN2O3S2. The monoisotopic (exact) mass is 392 g/mol. The minimum absolute atomic E-state index is 0.255. The van der Waals surface area contributed by atoms with Gasteiger partial charge in [-0.2, -0.15) is 0 Å². The van der Waals surface area contributed by atoms with E-state index >= 15 is 0 Å². The number of hydrogen-bond donors (Lipinski definition) is 2. The van der Waals surface area contributed by atoms with Crippen LogP contribution in [0.4, 0.5) is 0 Å². The lowest BCUT2D eigenvalue weighted by atomic mass is 9.91. The summed E-state index contributed by atoms with van der Waals surface area (Å²) in [6.45, 7) is 0. The van der Waals surface area contributed by atoms with Gasteiger partial charge >= 0.3 is 5.97 Å². The van der Waals surface area contributed by atoms with E-state index in [2.05, 4.69) is 15.4 Å². The van der Waals surface area contributed by atoms with Crippen molar-refractivity contribution >= 4 is 57.7 Å². The lowest BCUT2D eigenvalue weighted by molar-refractivity contribution is -0.150. The Kier molecular flexibility index (Phi) is 5.17. The van der Waals surface area contributed by atoms with Crippen LogP contribution in [-0.4, -0.2) is 24.0 Å². The number of methoxy groups -OCH3 is 1. The summed E-state index contributed by atoms with van der Waals surface area (Å²) >= 11 is 12.7. The Hall–Kier alpha value is -2.22. The third-order valence-corrected chi connectivity index (χ3v) is 5.02. The van der Waals surface area contributed by atoms with Crippen LogP contribution in [0.15, 0.2) is 47.4 Å². The highest BCUT2D eigenvalue weighted by atomic mass is 35.5. The molecule has 0 fully saturated rings. The number of rotatable bonds is 4. The van der Waals surface area contributed by atoms with E-state index in [0.717, 1.165) is 10.4 Å². The molecule has 0 radical (unpaired) electrons. The van der Waals surface area contributed by atoms with E-state index in [1.165, 1.54) is 18.4 Å². The summed E-state index contributed by atoms with van der Waals surface area (Å²) in [5, 5.41) is 8.86. The predicted octanol–water partition coefficient (Wildman–Crippen LogP) is 3.07. The number of benzene rings is 1. The number of ether oxygens (including phenoxy) is 1. The highest BCUT2D eigenvalue weighted by molar-refractivity contribution is 7.80. The molecule has 2 N–H and O–H groups in total. The van der Waals surface area contributed by atoms with Gasteiger partial charge in [0.15, 0.2) is 5.11 Å². The van der Waals surface area contributed by atoms with Gasteiger partial charge in [-0.25, -0.2) is 4.79 Å². The van der Waals surface area contributed by atoms with Crippen molar-refractivity contribution in [3.63, 3.8) is 0 Å². The maximum atomic E-state index is 12.7. The molecule has 0 amide bonds. The molecule has 25 heavy (non-hydrogen) atoms. The quantitative estimate of drug-likeness (QED) is 0.473. The van der Waals surface area contributed by atoms with Crippen LogP contribution in [0.3, 0.4) is 0 Å². The van der Waals surface area contributed by atoms with Crippen molar-refractivity contribution in [2.24, 2.45) is 0 Å². The number of carbonyl (C=O) groups is 2. The Morgan fingerprint density at radius 2 is 1.96 bits per heavy atom. The van der Waals surface area contributed by atoms with Crippen LogP contribution in [0.1, 0.15) is 16.5 Å². The molecule has 0 spiro atoms. The third-order valence-electron chi connectivity index (χ3n) is 3.66. The average molecular weight is 393 g/mol. The molecule has 1 atom stereocenters. The van der Waals surface area contributed by atoms with E-state index < -0.39 is 17.8 Å².